The van der Waals surface area contributed by atoms with Gasteiger partial charge in [-0.05, 0) is 207 Å². The van der Waals surface area contributed by atoms with Crippen LogP contribution in [0.3, 0.4) is 0 Å². The molecule has 3 aromatic carbocycles. The monoisotopic (exact) mass is 1580 g/mol. The van der Waals surface area contributed by atoms with E-state index in [2.05, 4.69) is 152 Å². The zero-order chi connectivity index (χ0) is 74.9. The Hall–Kier alpha value is -11.6. The highest BCUT2D eigenvalue weighted by molar-refractivity contribution is 9.11. The van der Waals surface area contributed by atoms with E-state index >= 15 is 0 Å². The predicted octanol–water partition coefficient (Wildman–Crippen LogP) is 16.4. The Bertz CT molecular complexity index is 5890. The highest BCUT2D eigenvalue weighted by Gasteiger charge is 2.40. The van der Waals surface area contributed by atoms with E-state index in [-0.39, 0.29) is 23.9 Å². The molecule has 0 radical (unpaired) electrons. The molecule has 544 valence electrons. The van der Waals surface area contributed by atoms with Gasteiger partial charge in [-0.2, -0.15) is 49.1 Å². The van der Waals surface area contributed by atoms with E-state index in [0.29, 0.717) is 86.5 Å². The van der Waals surface area contributed by atoms with Gasteiger partial charge in [-0.15, -0.1) is 0 Å². The van der Waals surface area contributed by atoms with Crippen LogP contribution in [0.4, 0.5) is 40.6 Å². The van der Waals surface area contributed by atoms with Crippen LogP contribution in [0, 0.1) is 28.8 Å². The number of aromatic nitrogens is 16. The number of hydrogen-bond acceptors (Lipinski definition) is 19. The minimum Gasteiger partial charge on any atom is -0.443 e. The molecule has 0 saturated carbocycles. The average molecular weight is 1580 g/mol. The summed E-state index contributed by atoms with van der Waals surface area (Å²) in [4.78, 5) is 68.5. The third-order valence-corrected chi connectivity index (χ3v) is 20.6. The summed E-state index contributed by atoms with van der Waals surface area (Å²) in [6.07, 6.45) is 21.0. The van der Waals surface area contributed by atoms with E-state index in [9.17, 15) is 28.0 Å². The van der Waals surface area contributed by atoms with E-state index in [1.807, 2.05) is 45.0 Å². The lowest BCUT2D eigenvalue weighted by atomic mass is 9.88. The number of carbonyl (C=O) groups excluding carboxylic acids is 2. The van der Waals surface area contributed by atoms with Crippen molar-refractivity contribution in [3.05, 3.63) is 223 Å². The summed E-state index contributed by atoms with van der Waals surface area (Å²) in [5.41, 5.74) is 15.6. The molecule has 0 bridgehead atoms. The molecule has 5 aliphatic carbocycles. The number of amides is 1. The van der Waals surface area contributed by atoms with E-state index in [1.165, 1.54) is 91.4 Å². The van der Waals surface area contributed by atoms with Crippen LogP contribution < -0.4 is 15.5 Å². The van der Waals surface area contributed by atoms with E-state index in [4.69, 9.17) is 14.5 Å². The number of nitrogens with one attached hydrogen (secondary N) is 2. The first-order valence-corrected chi connectivity index (χ1v) is 36.9. The van der Waals surface area contributed by atoms with Crippen molar-refractivity contribution in [3.63, 3.8) is 0 Å². The van der Waals surface area contributed by atoms with Crippen LogP contribution in [-0.4, -0.2) is 120 Å². The Labute approximate surface area is 633 Å². The molecule has 29 heteroatoms. The Balaban J connectivity index is 0.000000126. The zero-order valence-electron chi connectivity index (χ0n) is 59.4. The molecule has 0 unspecified atom stereocenters. The summed E-state index contributed by atoms with van der Waals surface area (Å²) in [7, 11) is 0. The van der Waals surface area contributed by atoms with Gasteiger partial charge in [-0.1, -0.05) is 77.9 Å². The zero-order valence-corrected chi connectivity index (χ0v) is 62.6. The minimum absolute atomic E-state index is 0.156. The molecule has 0 aliphatic heterocycles. The molecule has 3 atom stereocenters. The SMILES string of the molecule is CC(C)(C)OC(=O)N(c1nc(-c2cncc(F)c2)nc2c(Br)cnn12)[C@@H]1CCc2c(c3ccccc3n2C(=O)OC(C)(C)C)C1.Fc1cncc(-c2nc(N[C@@H]3CCC4=C(C3)c3ccccc3C4)n3ncc(Br)c3n2)c1.N#Cc1cnn2c(N[C@@H]3CCC4=C(C3)c3ccccc3C4)nc(-c3cncc(F)c3)nc12. The number of benzene rings is 3. The highest BCUT2D eigenvalue weighted by atomic mass is 79.9. The van der Waals surface area contributed by atoms with Gasteiger partial charge in [-0.25, -0.2) is 47.2 Å². The number of nitriles is 1. The predicted molar refractivity (Wildman–Crippen MR) is 407 cm³/mol. The number of anilines is 3. The number of nitrogens with zero attached hydrogens (tertiary/aromatic N) is 18. The second kappa shape index (κ2) is 28.6. The number of carbonyl (C=O) groups is 2. The van der Waals surface area contributed by atoms with Crippen LogP contribution in [0.1, 0.15) is 126 Å². The lowest BCUT2D eigenvalue weighted by molar-refractivity contribution is 0.0527. The summed E-state index contributed by atoms with van der Waals surface area (Å²) in [5.74, 6) is 0.661. The maximum Gasteiger partial charge on any atom is 0.419 e. The lowest BCUT2D eigenvalue weighted by Crippen LogP contribution is -2.47. The highest BCUT2D eigenvalue weighted by Crippen LogP contribution is 2.45. The fourth-order valence-corrected chi connectivity index (χ4v) is 15.6. The van der Waals surface area contributed by atoms with Gasteiger partial charge in [0.2, 0.25) is 17.8 Å². The van der Waals surface area contributed by atoms with Crippen LogP contribution in [0.2, 0.25) is 0 Å². The van der Waals surface area contributed by atoms with Crippen molar-refractivity contribution in [2.75, 3.05) is 15.5 Å². The number of para-hydroxylation sites is 1. The molecule has 108 heavy (non-hydrogen) atoms. The van der Waals surface area contributed by atoms with Crippen LogP contribution in [0.25, 0.3) is 73.2 Å². The van der Waals surface area contributed by atoms with Crippen molar-refractivity contribution in [2.45, 2.75) is 141 Å². The summed E-state index contributed by atoms with van der Waals surface area (Å²) in [5, 5.41) is 30.7. The lowest BCUT2D eigenvalue weighted by Gasteiger charge is -2.35. The van der Waals surface area contributed by atoms with Crippen LogP contribution in [0.5, 0.6) is 0 Å². The van der Waals surface area contributed by atoms with Gasteiger partial charge in [0.05, 0.1) is 51.6 Å². The molecule has 5 aliphatic rings. The molecule has 0 fully saturated rings. The smallest absolute Gasteiger partial charge is 0.419 e. The molecule has 10 aromatic heterocycles. The molecule has 24 nitrogen and oxygen atoms in total. The molecule has 0 saturated heterocycles. The molecular formula is C79H69Br2F3N20O4. The summed E-state index contributed by atoms with van der Waals surface area (Å²) in [6.45, 7) is 10.9. The third-order valence-electron chi connectivity index (χ3n) is 19.5. The molecule has 2 N–H and O–H groups in total. The van der Waals surface area contributed by atoms with Crippen molar-refractivity contribution in [2.24, 2.45) is 0 Å². The molecule has 10 heterocycles. The van der Waals surface area contributed by atoms with Crippen LogP contribution in [0.15, 0.2) is 167 Å². The van der Waals surface area contributed by atoms with E-state index in [1.54, 1.807) is 58.5 Å². The number of fused-ring (bicyclic) bond motifs is 10. The van der Waals surface area contributed by atoms with Gasteiger partial charge >= 0.3 is 12.2 Å². The first-order chi connectivity index (χ1) is 52.0. The Morgan fingerprint density at radius 3 is 1.57 bits per heavy atom. The summed E-state index contributed by atoms with van der Waals surface area (Å²) < 4.78 is 61.1. The van der Waals surface area contributed by atoms with Gasteiger partial charge < -0.3 is 20.1 Å². The number of halogens is 5. The molecule has 13 aromatic rings. The Morgan fingerprint density at radius 1 is 0.556 bits per heavy atom. The number of rotatable bonds is 9. The number of pyridine rings is 3. The minimum atomic E-state index is -0.811. The van der Waals surface area contributed by atoms with Gasteiger partial charge in [0.1, 0.15) is 40.3 Å². The summed E-state index contributed by atoms with van der Waals surface area (Å²) in [6, 6.07) is 31.0. The maximum atomic E-state index is 14.2. The third kappa shape index (κ3) is 14.1. The number of hydrogen-bond donors (Lipinski definition) is 2. The van der Waals surface area contributed by atoms with Gasteiger partial charge in [-0.3, -0.25) is 15.0 Å². The van der Waals surface area contributed by atoms with Crippen LogP contribution in [-0.2, 0) is 35.2 Å². The van der Waals surface area contributed by atoms with Crippen molar-refractivity contribution in [1.29, 1.82) is 5.26 Å². The summed E-state index contributed by atoms with van der Waals surface area (Å²) >= 11 is 7.00. The van der Waals surface area contributed by atoms with E-state index in [0.717, 1.165) is 90.4 Å². The van der Waals surface area contributed by atoms with Gasteiger partial charge in [0.25, 0.3) is 0 Å². The molecule has 1 amide bonds. The Kier molecular flexibility index (Phi) is 18.7. The fraction of sp³-hybridized carbons (Fsp3) is 0.278. The van der Waals surface area contributed by atoms with E-state index < -0.39 is 46.9 Å². The average Bonchev–Trinajstić information content (AvgIpc) is 1.49. The van der Waals surface area contributed by atoms with Crippen molar-refractivity contribution < 1.29 is 32.2 Å². The largest absolute Gasteiger partial charge is 0.443 e. The number of ether oxygens (including phenoxy) is 2. The first-order valence-electron chi connectivity index (χ1n) is 35.3. The number of allylic oxidation sites excluding steroid dienone is 2. The second-order valence-corrected chi connectivity index (χ2v) is 30.8. The molecule has 18 rings (SSSR count). The maximum absolute atomic E-state index is 14.2. The van der Waals surface area contributed by atoms with Gasteiger partial charge in [0, 0.05) is 64.5 Å². The topological polar surface area (TPSA) is 277 Å². The van der Waals surface area contributed by atoms with Crippen LogP contribution >= 0.6 is 31.9 Å². The van der Waals surface area contributed by atoms with Gasteiger partial charge in [0.15, 0.2) is 34.4 Å². The first kappa shape index (κ1) is 70.7. The molecular weight excluding hydrogens is 1510 g/mol. The Morgan fingerprint density at radius 2 is 1.04 bits per heavy atom. The standard InChI is InChI=1S/C32H33BrFN7O4.C24H18FN7.C23H18BrFN6/c1-31(2,3)44-29(42)39(28-38-26(18-13-19(34)16-35-15-18)37-27-23(33)17-36-41(27)28)20-11-12-25-22(14-20)21-9-7-8-10-24(21)40(25)30(43)45-32(4,5)6;25-18-8-16(11-27-13-18)22-30-23-17(10-26)12-28-32(23)24(31-22)29-19-6-5-15-7-14-3-1-2-4-20(14)21(15)9-19;24-20-12-27-31-22(20)29-21(15-8-16(25)11-26-10-15)30-23(31)28-17-6-5-14-7-13-3-1-2-4-18(13)19(14)9-17/h7-10,13,15-17,20H,11-12,14H2,1-6H3;1-4,8,11-13,19H,5-7,9H2,(H,29,30,31);1-4,8,10-12,17H,5-7,9H2,(H,28,29,30)/t20-;19-;17-/m111/s1. The normalized spacial score (nSPS) is 16.5. The quantitative estimate of drug-likeness (QED) is 0.136. The van der Waals surface area contributed by atoms with Crippen molar-refractivity contribution in [1.82, 2.24) is 78.3 Å². The van der Waals surface area contributed by atoms with Crippen molar-refractivity contribution in [3.8, 4) is 40.2 Å². The van der Waals surface area contributed by atoms with Crippen molar-refractivity contribution >= 4 is 101 Å². The second-order valence-electron chi connectivity index (χ2n) is 29.1. The fourth-order valence-electron chi connectivity index (χ4n) is 14.9. The molecule has 0 spiro atoms.